The molecule has 1 saturated carbocycles. The van der Waals surface area contributed by atoms with E-state index in [0.29, 0.717) is 29.2 Å². The lowest BCUT2D eigenvalue weighted by Gasteiger charge is -2.29. The molecular weight excluding hydrogens is 384 g/mol. The van der Waals surface area contributed by atoms with Crippen molar-refractivity contribution in [1.29, 1.82) is 0 Å². The van der Waals surface area contributed by atoms with Crippen LogP contribution in [0, 0.1) is 0 Å². The number of nitrogens with zero attached hydrogens (tertiary/aromatic N) is 3. The van der Waals surface area contributed by atoms with Gasteiger partial charge >= 0.3 is 6.03 Å². The molecule has 3 rings (SSSR count). The van der Waals surface area contributed by atoms with Crippen LogP contribution in [0.2, 0.25) is 0 Å². The van der Waals surface area contributed by atoms with E-state index in [4.69, 9.17) is 9.47 Å². The Hall–Kier alpha value is -3.23. The van der Waals surface area contributed by atoms with Gasteiger partial charge in [-0.25, -0.2) is 9.78 Å². The molecule has 0 radical (unpaired) electrons. The van der Waals surface area contributed by atoms with Gasteiger partial charge < -0.3 is 30.3 Å². The number of anilines is 3. The normalized spacial score (nSPS) is 18.3. The van der Waals surface area contributed by atoms with Gasteiger partial charge in [-0.05, 0) is 43.9 Å². The molecule has 0 aliphatic heterocycles. The molecule has 0 spiro atoms. The predicted molar refractivity (Wildman–Crippen MR) is 118 cm³/mol. The van der Waals surface area contributed by atoms with Crippen molar-refractivity contribution in [1.82, 2.24) is 15.3 Å². The number of rotatable bonds is 7. The summed E-state index contributed by atoms with van der Waals surface area (Å²) in [5.41, 5.74) is 0.651. The molecule has 0 atom stereocenters. The first kappa shape index (κ1) is 21.5. The first-order valence-corrected chi connectivity index (χ1v) is 10.0. The van der Waals surface area contributed by atoms with Crippen LogP contribution in [-0.4, -0.2) is 56.4 Å². The Morgan fingerprint density at radius 3 is 2.40 bits per heavy atom. The first-order chi connectivity index (χ1) is 14.5. The van der Waals surface area contributed by atoms with Crippen molar-refractivity contribution < 1.29 is 14.3 Å². The number of benzene rings is 1. The third-order valence-electron chi connectivity index (χ3n) is 5.14. The zero-order valence-corrected chi connectivity index (χ0v) is 17.9. The molecule has 1 aromatic heterocycles. The van der Waals surface area contributed by atoms with Crippen molar-refractivity contribution in [2.75, 3.05) is 43.8 Å². The van der Waals surface area contributed by atoms with Crippen molar-refractivity contribution in [3.8, 4) is 11.5 Å². The molecule has 0 bridgehead atoms. The summed E-state index contributed by atoms with van der Waals surface area (Å²) in [7, 11) is 7.05. The highest BCUT2D eigenvalue weighted by Crippen LogP contribution is 2.29. The van der Waals surface area contributed by atoms with Crippen LogP contribution in [-0.2, 0) is 0 Å². The zero-order valence-electron chi connectivity index (χ0n) is 17.9. The van der Waals surface area contributed by atoms with E-state index in [2.05, 4.69) is 25.9 Å². The number of hydrogen-bond donors (Lipinski definition) is 3. The Kier molecular flexibility index (Phi) is 7.16. The van der Waals surface area contributed by atoms with Gasteiger partial charge in [0.1, 0.15) is 5.82 Å². The summed E-state index contributed by atoms with van der Waals surface area (Å²) in [6.45, 7) is 0. The molecule has 1 fully saturated rings. The number of urea groups is 1. The quantitative estimate of drug-likeness (QED) is 0.640. The van der Waals surface area contributed by atoms with Crippen LogP contribution in [0.1, 0.15) is 25.7 Å². The lowest BCUT2D eigenvalue weighted by Crippen LogP contribution is -2.42. The number of carbonyl (C=O) groups is 1. The fourth-order valence-electron chi connectivity index (χ4n) is 3.50. The van der Waals surface area contributed by atoms with E-state index < -0.39 is 0 Å². The van der Waals surface area contributed by atoms with Gasteiger partial charge in [0.05, 0.1) is 14.2 Å². The average Bonchev–Trinajstić information content (AvgIpc) is 2.75. The number of methoxy groups -OCH3 is 2. The van der Waals surface area contributed by atoms with Crippen molar-refractivity contribution in [3.63, 3.8) is 0 Å². The van der Waals surface area contributed by atoms with Crippen molar-refractivity contribution in [2.24, 2.45) is 0 Å². The van der Waals surface area contributed by atoms with Gasteiger partial charge in [-0.15, -0.1) is 0 Å². The van der Waals surface area contributed by atoms with Crippen molar-refractivity contribution >= 4 is 23.5 Å². The summed E-state index contributed by atoms with van der Waals surface area (Å²) in [5, 5.41) is 9.32. The summed E-state index contributed by atoms with van der Waals surface area (Å²) in [6.07, 6.45) is 5.43. The van der Waals surface area contributed by atoms with Gasteiger partial charge in [-0.1, -0.05) is 0 Å². The SMILES string of the molecule is COc1ccc(NC(=O)N[C@H]2CC[C@@H](Nc3nccc(N(C)C)n3)CC2)cc1OC. The Labute approximate surface area is 177 Å². The number of ether oxygens (including phenoxy) is 2. The second-order valence-corrected chi connectivity index (χ2v) is 7.49. The lowest BCUT2D eigenvalue weighted by molar-refractivity contribution is 0.243. The minimum atomic E-state index is -0.222. The molecule has 1 aromatic carbocycles. The molecule has 1 aliphatic carbocycles. The summed E-state index contributed by atoms with van der Waals surface area (Å²) in [4.78, 5) is 23.1. The Balaban J connectivity index is 1.46. The van der Waals surface area contributed by atoms with Gasteiger partial charge in [0.15, 0.2) is 11.5 Å². The Morgan fingerprint density at radius 2 is 1.73 bits per heavy atom. The minimum Gasteiger partial charge on any atom is -0.493 e. The molecule has 1 aliphatic rings. The summed E-state index contributed by atoms with van der Waals surface area (Å²) >= 11 is 0. The number of carbonyl (C=O) groups excluding carboxylic acids is 1. The monoisotopic (exact) mass is 414 g/mol. The van der Waals surface area contributed by atoms with Crippen LogP contribution < -0.4 is 30.3 Å². The highest BCUT2D eigenvalue weighted by atomic mass is 16.5. The molecule has 0 unspecified atom stereocenters. The molecule has 30 heavy (non-hydrogen) atoms. The summed E-state index contributed by atoms with van der Waals surface area (Å²) in [6, 6.07) is 7.37. The van der Waals surface area contributed by atoms with Crippen LogP contribution in [0.3, 0.4) is 0 Å². The third kappa shape index (κ3) is 5.65. The fourth-order valence-corrected chi connectivity index (χ4v) is 3.50. The topological polar surface area (TPSA) is 101 Å². The molecule has 2 amide bonds. The molecule has 0 saturated heterocycles. The number of amides is 2. The maximum Gasteiger partial charge on any atom is 0.319 e. The molecule has 9 heteroatoms. The molecular formula is C21H30N6O3. The predicted octanol–water partition coefficient (Wildman–Crippen LogP) is 3.10. The Bertz CT molecular complexity index is 852. The second-order valence-electron chi connectivity index (χ2n) is 7.49. The molecule has 9 nitrogen and oxygen atoms in total. The number of hydrogen-bond acceptors (Lipinski definition) is 7. The standard InChI is InChI=1S/C21H30N6O3/c1-27(2)19-11-12-22-20(26-19)23-14-5-7-15(8-6-14)24-21(28)25-16-9-10-17(29-3)18(13-16)30-4/h9-15H,5-8H2,1-4H3,(H,22,23,26)(H2,24,25,28)/t14-,15+. The Morgan fingerprint density at radius 1 is 1.03 bits per heavy atom. The van der Waals surface area contributed by atoms with Gasteiger partial charge in [-0.2, -0.15) is 4.98 Å². The molecule has 162 valence electrons. The van der Waals surface area contributed by atoms with E-state index in [1.54, 1.807) is 38.6 Å². The fraction of sp³-hybridized carbons (Fsp3) is 0.476. The first-order valence-electron chi connectivity index (χ1n) is 10.0. The molecule has 2 aromatic rings. The minimum absolute atomic E-state index is 0.136. The van der Waals surface area contributed by atoms with Gasteiger partial charge in [-0.3, -0.25) is 0 Å². The lowest BCUT2D eigenvalue weighted by atomic mass is 9.91. The van der Waals surface area contributed by atoms with Crippen LogP contribution in [0.5, 0.6) is 11.5 Å². The van der Waals surface area contributed by atoms with Gasteiger partial charge in [0.25, 0.3) is 0 Å². The summed E-state index contributed by atoms with van der Waals surface area (Å²) in [5.74, 6) is 2.70. The van der Waals surface area contributed by atoms with Crippen LogP contribution in [0.25, 0.3) is 0 Å². The maximum absolute atomic E-state index is 12.4. The van der Waals surface area contributed by atoms with Gasteiger partial charge in [0, 0.05) is 44.1 Å². The largest absolute Gasteiger partial charge is 0.493 e. The van der Waals surface area contributed by atoms with Gasteiger partial charge in [0.2, 0.25) is 5.95 Å². The number of nitrogens with one attached hydrogen (secondary N) is 3. The average molecular weight is 415 g/mol. The second kappa shape index (κ2) is 10.00. The summed E-state index contributed by atoms with van der Waals surface area (Å²) < 4.78 is 10.5. The zero-order chi connectivity index (χ0) is 21.5. The smallest absolute Gasteiger partial charge is 0.319 e. The molecule has 1 heterocycles. The highest BCUT2D eigenvalue weighted by molar-refractivity contribution is 5.89. The third-order valence-corrected chi connectivity index (χ3v) is 5.14. The number of aromatic nitrogens is 2. The molecule has 3 N–H and O–H groups in total. The van der Waals surface area contributed by atoms with E-state index >= 15 is 0 Å². The van der Waals surface area contributed by atoms with E-state index in [-0.39, 0.29) is 12.1 Å². The van der Waals surface area contributed by atoms with Crippen molar-refractivity contribution in [3.05, 3.63) is 30.5 Å². The van der Waals surface area contributed by atoms with Crippen molar-refractivity contribution in [2.45, 2.75) is 37.8 Å². The van der Waals surface area contributed by atoms with E-state index in [1.165, 1.54) is 0 Å². The van der Waals surface area contributed by atoms with E-state index in [0.717, 1.165) is 31.5 Å². The van der Waals surface area contributed by atoms with Crippen LogP contribution in [0.15, 0.2) is 30.5 Å². The maximum atomic E-state index is 12.4. The van der Waals surface area contributed by atoms with E-state index in [9.17, 15) is 4.79 Å². The highest BCUT2D eigenvalue weighted by Gasteiger charge is 2.23. The van der Waals surface area contributed by atoms with E-state index in [1.807, 2.05) is 25.1 Å². The van der Waals surface area contributed by atoms with Crippen LogP contribution >= 0.6 is 0 Å². The van der Waals surface area contributed by atoms with Crippen LogP contribution in [0.4, 0.5) is 22.2 Å².